The summed E-state index contributed by atoms with van der Waals surface area (Å²) in [6.07, 6.45) is 0.527. The number of benzene rings is 1. The van der Waals surface area contributed by atoms with Crippen LogP contribution in [0.25, 0.3) is 0 Å². The summed E-state index contributed by atoms with van der Waals surface area (Å²) >= 11 is 0. The molecule has 1 N–H and O–H groups in total. The SMILES string of the molecule is CCOC(=O)CC(C)Nc1ccc(OC(C)C)cc1. The Labute approximate surface area is 115 Å². The first-order chi connectivity index (χ1) is 9.01. The van der Waals surface area contributed by atoms with Crippen molar-refractivity contribution in [3.63, 3.8) is 0 Å². The van der Waals surface area contributed by atoms with Crippen molar-refractivity contribution in [2.45, 2.75) is 46.3 Å². The van der Waals surface area contributed by atoms with E-state index in [2.05, 4.69) is 5.32 Å². The third kappa shape index (κ3) is 6.13. The summed E-state index contributed by atoms with van der Waals surface area (Å²) < 4.78 is 10.5. The number of anilines is 1. The summed E-state index contributed by atoms with van der Waals surface area (Å²) in [6.45, 7) is 8.17. The van der Waals surface area contributed by atoms with Crippen LogP contribution in [-0.4, -0.2) is 24.7 Å². The number of nitrogens with one attached hydrogen (secondary N) is 1. The van der Waals surface area contributed by atoms with Gasteiger partial charge >= 0.3 is 5.97 Å². The summed E-state index contributed by atoms with van der Waals surface area (Å²) in [5.41, 5.74) is 0.966. The van der Waals surface area contributed by atoms with Gasteiger partial charge in [0.15, 0.2) is 0 Å². The van der Waals surface area contributed by atoms with Gasteiger partial charge in [-0.1, -0.05) is 0 Å². The Bertz CT molecular complexity index is 387. The Balaban J connectivity index is 2.46. The minimum Gasteiger partial charge on any atom is -0.491 e. The van der Waals surface area contributed by atoms with Crippen LogP contribution in [0.15, 0.2) is 24.3 Å². The number of carbonyl (C=O) groups is 1. The maximum Gasteiger partial charge on any atom is 0.307 e. The number of hydrogen-bond donors (Lipinski definition) is 1. The van der Waals surface area contributed by atoms with Gasteiger partial charge in [0.25, 0.3) is 0 Å². The smallest absolute Gasteiger partial charge is 0.307 e. The first-order valence-electron chi connectivity index (χ1n) is 6.70. The molecule has 0 amide bonds. The van der Waals surface area contributed by atoms with Gasteiger partial charge in [-0.25, -0.2) is 0 Å². The summed E-state index contributed by atoms with van der Waals surface area (Å²) in [6, 6.07) is 7.76. The van der Waals surface area contributed by atoms with E-state index < -0.39 is 0 Å². The topological polar surface area (TPSA) is 47.6 Å². The molecular weight excluding hydrogens is 242 g/mol. The van der Waals surface area contributed by atoms with Crippen molar-refractivity contribution in [1.82, 2.24) is 0 Å². The van der Waals surface area contributed by atoms with Gasteiger partial charge in [0, 0.05) is 11.7 Å². The minimum absolute atomic E-state index is 0.0379. The molecule has 0 saturated heterocycles. The number of rotatable bonds is 7. The van der Waals surface area contributed by atoms with Crippen LogP contribution in [0.4, 0.5) is 5.69 Å². The second-order valence-electron chi connectivity index (χ2n) is 4.75. The van der Waals surface area contributed by atoms with E-state index in [0.717, 1.165) is 11.4 Å². The van der Waals surface area contributed by atoms with Gasteiger partial charge in [-0.2, -0.15) is 0 Å². The molecule has 1 aromatic rings. The molecular formula is C15H23NO3. The van der Waals surface area contributed by atoms with Crippen molar-refractivity contribution in [3.8, 4) is 5.75 Å². The van der Waals surface area contributed by atoms with Crippen LogP contribution in [0.2, 0.25) is 0 Å². The summed E-state index contributed by atoms with van der Waals surface area (Å²) in [4.78, 5) is 11.3. The van der Waals surface area contributed by atoms with Crippen LogP contribution in [0, 0.1) is 0 Å². The highest BCUT2D eigenvalue weighted by atomic mass is 16.5. The fraction of sp³-hybridized carbons (Fsp3) is 0.533. The zero-order chi connectivity index (χ0) is 14.3. The van der Waals surface area contributed by atoms with Gasteiger partial charge < -0.3 is 14.8 Å². The summed E-state index contributed by atoms with van der Waals surface area (Å²) in [5, 5.41) is 3.26. The molecule has 0 aliphatic heterocycles. The molecule has 0 spiro atoms. The highest BCUT2D eigenvalue weighted by Gasteiger charge is 2.09. The van der Waals surface area contributed by atoms with E-state index in [4.69, 9.17) is 9.47 Å². The molecule has 0 heterocycles. The molecule has 0 aliphatic rings. The van der Waals surface area contributed by atoms with E-state index in [9.17, 15) is 4.79 Å². The van der Waals surface area contributed by atoms with E-state index in [0.29, 0.717) is 13.0 Å². The monoisotopic (exact) mass is 265 g/mol. The quantitative estimate of drug-likeness (QED) is 0.769. The number of esters is 1. The van der Waals surface area contributed by atoms with Crippen molar-refractivity contribution in [2.75, 3.05) is 11.9 Å². The van der Waals surface area contributed by atoms with Crippen molar-refractivity contribution in [2.24, 2.45) is 0 Å². The molecule has 19 heavy (non-hydrogen) atoms. The predicted octanol–water partition coefficient (Wildman–Crippen LogP) is 3.23. The Morgan fingerprint density at radius 1 is 1.21 bits per heavy atom. The molecule has 0 saturated carbocycles. The first kappa shape index (κ1) is 15.3. The third-order valence-corrected chi connectivity index (χ3v) is 2.42. The second-order valence-corrected chi connectivity index (χ2v) is 4.75. The van der Waals surface area contributed by atoms with E-state index in [1.165, 1.54) is 0 Å². The molecule has 0 bridgehead atoms. The lowest BCUT2D eigenvalue weighted by Gasteiger charge is -2.15. The molecule has 0 fully saturated rings. The molecule has 1 rings (SSSR count). The van der Waals surface area contributed by atoms with Gasteiger partial charge in [0.1, 0.15) is 5.75 Å². The molecule has 1 aromatic carbocycles. The molecule has 0 aromatic heterocycles. The average Bonchev–Trinajstić information content (AvgIpc) is 2.31. The van der Waals surface area contributed by atoms with E-state index in [1.54, 1.807) is 0 Å². The Kier molecular flexibility index (Phi) is 6.19. The highest BCUT2D eigenvalue weighted by molar-refractivity contribution is 5.70. The maximum atomic E-state index is 11.3. The fourth-order valence-electron chi connectivity index (χ4n) is 1.71. The van der Waals surface area contributed by atoms with Gasteiger partial charge in [0.2, 0.25) is 0 Å². The van der Waals surface area contributed by atoms with Gasteiger partial charge in [-0.15, -0.1) is 0 Å². The summed E-state index contributed by atoms with van der Waals surface area (Å²) in [5.74, 6) is 0.667. The third-order valence-electron chi connectivity index (χ3n) is 2.42. The predicted molar refractivity (Wildman–Crippen MR) is 76.5 cm³/mol. The van der Waals surface area contributed by atoms with Gasteiger partial charge in [-0.3, -0.25) is 4.79 Å². The van der Waals surface area contributed by atoms with Crippen LogP contribution in [0.1, 0.15) is 34.1 Å². The van der Waals surface area contributed by atoms with E-state index in [-0.39, 0.29) is 18.1 Å². The summed E-state index contributed by atoms with van der Waals surface area (Å²) in [7, 11) is 0. The van der Waals surface area contributed by atoms with Crippen molar-refractivity contribution < 1.29 is 14.3 Å². The molecule has 1 atom stereocenters. The maximum absolute atomic E-state index is 11.3. The average molecular weight is 265 g/mol. The van der Waals surface area contributed by atoms with Gasteiger partial charge in [-0.05, 0) is 52.0 Å². The molecule has 4 heteroatoms. The van der Waals surface area contributed by atoms with E-state index in [1.807, 2.05) is 52.0 Å². The minimum atomic E-state index is -0.178. The zero-order valence-corrected chi connectivity index (χ0v) is 12.1. The molecule has 1 unspecified atom stereocenters. The second kappa shape index (κ2) is 7.67. The van der Waals surface area contributed by atoms with Crippen LogP contribution >= 0.6 is 0 Å². The van der Waals surface area contributed by atoms with Crippen LogP contribution in [0.3, 0.4) is 0 Å². The number of carbonyl (C=O) groups excluding carboxylic acids is 1. The fourth-order valence-corrected chi connectivity index (χ4v) is 1.71. The highest BCUT2D eigenvalue weighted by Crippen LogP contribution is 2.18. The zero-order valence-electron chi connectivity index (χ0n) is 12.1. The standard InChI is InChI=1S/C15H23NO3/c1-5-18-15(17)10-12(4)16-13-6-8-14(9-7-13)19-11(2)3/h6-9,11-12,16H,5,10H2,1-4H3. The molecule has 106 valence electrons. The number of ether oxygens (including phenoxy) is 2. The van der Waals surface area contributed by atoms with Crippen LogP contribution in [0.5, 0.6) is 5.75 Å². The lowest BCUT2D eigenvalue weighted by molar-refractivity contribution is -0.143. The van der Waals surface area contributed by atoms with Gasteiger partial charge in [0.05, 0.1) is 19.1 Å². The normalized spacial score (nSPS) is 12.1. The lowest BCUT2D eigenvalue weighted by atomic mass is 10.2. The Hall–Kier alpha value is -1.71. The van der Waals surface area contributed by atoms with Crippen molar-refractivity contribution >= 4 is 11.7 Å². The number of hydrogen-bond acceptors (Lipinski definition) is 4. The Morgan fingerprint density at radius 3 is 2.37 bits per heavy atom. The molecule has 4 nitrogen and oxygen atoms in total. The van der Waals surface area contributed by atoms with Crippen LogP contribution < -0.4 is 10.1 Å². The lowest BCUT2D eigenvalue weighted by Crippen LogP contribution is -2.21. The van der Waals surface area contributed by atoms with Crippen LogP contribution in [-0.2, 0) is 9.53 Å². The molecule has 0 aliphatic carbocycles. The van der Waals surface area contributed by atoms with E-state index >= 15 is 0 Å². The van der Waals surface area contributed by atoms with Crippen molar-refractivity contribution in [3.05, 3.63) is 24.3 Å². The van der Waals surface area contributed by atoms with Crippen molar-refractivity contribution in [1.29, 1.82) is 0 Å². The Morgan fingerprint density at radius 2 is 1.84 bits per heavy atom. The largest absolute Gasteiger partial charge is 0.491 e. The molecule has 0 radical (unpaired) electrons. The first-order valence-corrected chi connectivity index (χ1v) is 6.70.